The molecule has 0 fully saturated rings. The molecule has 120 valence electrons. The van der Waals surface area contributed by atoms with E-state index in [9.17, 15) is 0 Å². The van der Waals surface area contributed by atoms with Crippen molar-refractivity contribution in [2.45, 2.75) is 45.7 Å². The standard InChI is InChI=1S/C19H28N2O/c1-15(2)18(14-22-4)20-19(17-11-6-5-7-12-17)21-13-9-8-10-16(21)3/h5-7,9,11-13,15-16,18H,8,10,14H2,1-4H3/t16-,18+/m1/s1. The Kier molecular flexibility index (Phi) is 6.20. The van der Waals surface area contributed by atoms with Crippen molar-refractivity contribution in [3.05, 3.63) is 48.2 Å². The smallest absolute Gasteiger partial charge is 0.135 e. The van der Waals surface area contributed by atoms with Gasteiger partial charge >= 0.3 is 0 Å². The van der Waals surface area contributed by atoms with Crippen molar-refractivity contribution in [3.63, 3.8) is 0 Å². The van der Waals surface area contributed by atoms with Gasteiger partial charge in [0.1, 0.15) is 5.84 Å². The maximum Gasteiger partial charge on any atom is 0.135 e. The molecule has 0 radical (unpaired) electrons. The van der Waals surface area contributed by atoms with Gasteiger partial charge in [-0.2, -0.15) is 0 Å². The molecular weight excluding hydrogens is 272 g/mol. The average molecular weight is 300 g/mol. The molecule has 3 nitrogen and oxygen atoms in total. The minimum absolute atomic E-state index is 0.169. The molecule has 1 aliphatic heterocycles. The van der Waals surface area contributed by atoms with E-state index in [0.29, 0.717) is 18.6 Å². The Hall–Kier alpha value is -1.61. The largest absolute Gasteiger partial charge is 0.382 e. The van der Waals surface area contributed by atoms with Crippen LogP contribution in [0, 0.1) is 5.92 Å². The van der Waals surface area contributed by atoms with E-state index >= 15 is 0 Å². The first-order valence-corrected chi connectivity index (χ1v) is 8.20. The first-order valence-electron chi connectivity index (χ1n) is 8.20. The van der Waals surface area contributed by atoms with Gasteiger partial charge in [0.15, 0.2) is 0 Å². The molecule has 1 heterocycles. The monoisotopic (exact) mass is 300 g/mol. The summed E-state index contributed by atoms with van der Waals surface area (Å²) in [5.41, 5.74) is 1.17. The molecular formula is C19H28N2O. The van der Waals surface area contributed by atoms with Gasteiger partial charge in [0, 0.05) is 24.9 Å². The van der Waals surface area contributed by atoms with Gasteiger partial charge in [-0.3, -0.25) is 4.99 Å². The van der Waals surface area contributed by atoms with Crippen LogP contribution in [0.15, 0.2) is 47.6 Å². The summed E-state index contributed by atoms with van der Waals surface area (Å²) in [7, 11) is 1.75. The number of hydrogen-bond acceptors (Lipinski definition) is 2. The number of ether oxygens (including phenoxy) is 1. The Morgan fingerprint density at radius 3 is 2.64 bits per heavy atom. The van der Waals surface area contributed by atoms with Crippen molar-refractivity contribution in [2.24, 2.45) is 10.9 Å². The van der Waals surface area contributed by atoms with Crippen LogP contribution >= 0.6 is 0 Å². The molecule has 0 bridgehead atoms. The summed E-state index contributed by atoms with van der Waals surface area (Å²) in [6.07, 6.45) is 6.73. The molecule has 1 aromatic rings. The first-order chi connectivity index (χ1) is 10.6. The van der Waals surface area contributed by atoms with Crippen LogP contribution in [0.5, 0.6) is 0 Å². The molecule has 1 aromatic carbocycles. The van der Waals surface area contributed by atoms with Crippen LogP contribution in [0.3, 0.4) is 0 Å². The second-order valence-electron chi connectivity index (χ2n) is 6.30. The number of rotatable bonds is 5. The molecule has 0 aliphatic carbocycles. The van der Waals surface area contributed by atoms with E-state index in [-0.39, 0.29) is 6.04 Å². The van der Waals surface area contributed by atoms with Crippen LogP contribution in [0.2, 0.25) is 0 Å². The lowest BCUT2D eigenvalue weighted by atomic mass is 10.0. The minimum Gasteiger partial charge on any atom is -0.382 e. The molecule has 0 unspecified atom stereocenters. The molecule has 2 rings (SSSR count). The van der Waals surface area contributed by atoms with Gasteiger partial charge in [0.2, 0.25) is 0 Å². The maximum absolute atomic E-state index is 5.37. The number of hydrogen-bond donors (Lipinski definition) is 0. The van der Waals surface area contributed by atoms with E-state index in [1.807, 2.05) is 6.07 Å². The molecule has 2 atom stereocenters. The van der Waals surface area contributed by atoms with Gasteiger partial charge in [-0.1, -0.05) is 50.3 Å². The summed E-state index contributed by atoms with van der Waals surface area (Å²) in [5.74, 6) is 1.50. The van der Waals surface area contributed by atoms with Crippen molar-refractivity contribution in [3.8, 4) is 0 Å². The molecule has 0 aromatic heterocycles. The van der Waals surface area contributed by atoms with Crippen LogP contribution < -0.4 is 0 Å². The zero-order valence-electron chi connectivity index (χ0n) is 14.2. The fourth-order valence-corrected chi connectivity index (χ4v) is 2.68. The SMILES string of the molecule is COC[C@H](N=C(c1ccccc1)N1C=CCC[C@H]1C)C(C)C. The summed E-state index contributed by atoms with van der Waals surface area (Å²) in [5, 5.41) is 0. The van der Waals surface area contributed by atoms with E-state index in [1.54, 1.807) is 7.11 Å². The van der Waals surface area contributed by atoms with Gasteiger partial charge in [-0.15, -0.1) is 0 Å². The lowest BCUT2D eigenvalue weighted by molar-refractivity contribution is 0.164. The quantitative estimate of drug-likeness (QED) is 0.604. The van der Waals surface area contributed by atoms with Crippen LogP contribution in [0.1, 0.15) is 39.2 Å². The summed E-state index contributed by atoms with van der Waals surface area (Å²) in [6.45, 7) is 7.32. The highest BCUT2D eigenvalue weighted by Gasteiger charge is 2.22. The average Bonchev–Trinajstić information content (AvgIpc) is 2.53. The number of amidine groups is 1. The summed E-state index contributed by atoms with van der Waals surface area (Å²) in [6, 6.07) is 11.1. The van der Waals surface area contributed by atoms with E-state index in [4.69, 9.17) is 9.73 Å². The lowest BCUT2D eigenvalue weighted by Crippen LogP contribution is -2.38. The fraction of sp³-hybridized carbons (Fsp3) is 0.526. The van der Waals surface area contributed by atoms with Crippen LogP contribution in [-0.2, 0) is 4.74 Å². The summed E-state index contributed by atoms with van der Waals surface area (Å²) in [4.78, 5) is 7.39. The Bertz CT molecular complexity index is 507. The minimum atomic E-state index is 0.169. The Morgan fingerprint density at radius 1 is 1.32 bits per heavy atom. The van der Waals surface area contributed by atoms with E-state index in [1.165, 1.54) is 12.0 Å². The zero-order chi connectivity index (χ0) is 15.9. The second kappa shape index (κ2) is 8.14. The van der Waals surface area contributed by atoms with Gasteiger partial charge in [0.25, 0.3) is 0 Å². The van der Waals surface area contributed by atoms with Gasteiger partial charge in [-0.05, 0) is 25.7 Å². The van der Waals surface area contributed by atoms with Crippen molar-refractivity contribution in [1.29, 1.82) is 0 Å². The fourth-order valence-electron chi connectivity index (χ4n) is 2.68. The van der Waals surface area contributed by atoms with Gasteiger partial charge in [-0.25, -0.2) is 0 Å². The highest BCUT2D eigenvalue weighted by molar-refractivity contribution is 5.99. The van der Waals surface area contributed by atoms with Crippen LogP contribution in [0.25, 0.3) is 0 Å². The Labute approximate surface area is 134 Å². The highest BCUT2D eigenvalue weighted by Crippen LogP contribution is 2.20. The van der Waals surface area contributed by atoms with E-state index in [2.05, 4.69) is 62.2 Å². The first kappa shape index (κ1) is 16.8. The molecule has 0 saturated carbocycles. The predicted octanol–water partition coefficient (Wildman–Crippen LogP) is 4.10. The molecule has 0 N–H and O–H groups in total. The van der Waals surface area contributed by atoms with Crippen molar-refractivity contribution in [1.82, 2.24) is 4.90 Å². The number of allylic oxidation sites excluding steroid dienone is 1. The molecule has 22 heavy (non-hydrogen) atoms. The highest BCUT2D eigenvalue weighted by atomic mass is 16.5. The molecule has 0 spiro atoms. The Morgan fingerprint density at radius 2 is 2.05 bits per heavy atom. The van der Waals surface area contributed by atoms with E-state index in [0.717, 1.165) is 12.3 Å². The summed E-state index contributed by atoms with van der Waals surface area (Å²) < 4.78 is 5.37. The maximum atomic E-state index is 5.37. The lowest BCUT2D eigenvalue weighted by Gasteiger charge is -2.33. The number of nitrogens with zero attached hydrogens (tertiary/aromatic N) is 2. The van der Waals surface area contributed by atoms with E-state index < -0.39 is 0 Å². The number of benzene rings is 1. The third-order valence-electron chi connectivity index (χ3n) is 4.16. The van der Waals surface area contributed by atoms with Crippen molar-refractivity contribution < 1.29 is 4.74 Å². The molecule has 3 heteroatoms. The number of aliphatic imine (C=N–C) groups is 1. The zero-order valence-corrected chi connectivity index (χ0v) is 14.2. The van der Waals surface area contributed by atoms with Crippen LogP contribution in [-0.4, -0.2) is 36.5 Å². The van der Waals surface area contributed by atoms with Gasteiger partial charge < -0.3 is 9.64 Å². The Balaban J connectivity index is 2.40. The molecule has 1 aliphatic rings. The van der Waals surface area contributed by atoms with Crippen molar-refractivity contribution >= 4 is 5.84 Å². The normalized spacial score (nSPS) is 20.5. The van der Waals surface area contributed by atoms with Crippen molar-refractivity contribution in [2.75, 3.05) is 13.7 Å². The third kappa shape index (κ3) is 4.20. The predicted molar refractivity (Wildman–Crippen MR) is 93.2 cm³/mol. The van der Waals surface area contributed by atoms with Crippen LogP contribution in [0.4, 0.5) is 0 Å². The van der Waals surface area contributed by atoms with Gasteiger partial charge in [0.05, 0.1) is 12.6 Å². The second-order valence-corrected chi connectivity index (χ2v) is 6.30. The molecule has 0 amide bonds. The summed E-state index contributed by atoms with van der Waals surface area (Å²) >= 11 is 0. The topological polar surface area (TPSA) is 24.8 Å². The molecule has 0 saturated heterocycles. The third-order valence-corrected chi connectivity index (χ3v) is 4.16. The number of methoxy groups -OCH3 is 1.